The van der Waals surface area contributed by atoms with Crippen molar-refractivity contribution in [2.24, 2.45) is 0 Å². The number of rotatable bonds is 4. The summed E-state index contributed by atoms with van der Waals surface area (Å²) >= 11 is 5.62. The van der Waals surface area contributed by atoms with Gasteiger partial charge in [0, 0.05) is 24.7 Å². The molecule has 0 fully saturated rings. The molecule has 0 N–H and O–H groups in total. The van der Waals surface area contributed by atoms with Gasteiger partial charge in [0.25, 0.3) is 5.91 Å². The van der Waals surface area contributed by atoms with E-state index in [-0.39, 0.29) is 17.5 Å². The second kappa shape index (κ2) is 5.80. The first-order valence-electron chi connectivity index (χ1n) is 5.03. The van der Waals surface area contributed by atoms with Crippen molar-refractivity contribution < 1.29 is 9.18 Å². The van der Waals surface area contributed by atoms with Crippen molar-refractivity contribution in [3.05, 3.63) is 29.8 Å². The van der Waals surface area contributed by atoms with Crippen LogP contribution in [0.1, 0.15) is 24.2 Å². The fourth-order valence-electron chi connectivity index (χ4n) is 1.38. The van der Waals surface area contributed by atoms with E-state index in [1.54, 1.807) is 4.90 Å². The maximum Gasteiger partial charge on any atom is 0.255 e. The minimum Gasteiger partial charge on any atom is -0.335 e. The largest absolute Gasteiger partial charge is 0.335 e. The van der Waals surface area contributed by atoms with Crippen molar-refractivity contribution in [2.75, 3.05) is 12.4 Å². The average molecular weight is 245 g/mol. The molecule has 1 amide bonds. The number of alkyl halides is 1. The number of carbonyl (C=O) groups is 1. The quantitative estimate of drug-likeness (QED) is 0.762. The lowest BCUT2D eigenvalue weighted by Crippen LogP contribution is -2.38. The third kappa shape index (κ3) is 3.17. The van der Waals surface area contributed by atoms with Crippen LogP contribution in [0.3, 0.4) is 0 Å². The fraction of sp³-hybridized carbons (Fsp3) is 0.455. The van der Waals surface area contributed by atoms with Gasteiger partial charge < -0.3 is 4.90 Å². The predicted molar refractivity (Wildman–Crippen MR) is 61.1 cm³/mol. The normalized spacial score (nSPS) is 10.6. The summed E-state index contributed by atoms with van der Waals surface area (Å²) in [4.78, 5) is 17.2. The maximum absolute atomic E-state index is 12.9. The zero-order valence-electron chi connectivity index (χ0n) is 9.28. The molecular weight excluding hydrogens is 231 g/mol. The van der Waals surface area contributed by atoms with Crippen molar-refractivity contribution in [3.8, 4) is 0 Å². The molecule has 0 unspecified atom stereocenters. The predicted octanol–water partition coefficient (Wildman–Crippen LogP) is 2.31. The van der Waals surface area contributed by atoms with Crippen LogP contribution in [0, 0.1) is 5.82 Å². The second-order valence-corrected chi connectivity index (χ2v) is 4.05. The highest BCUT2D eigenvalue weighted by molar-refractivity contribution is 6.18. The second-order valence-electron chi connectivity index (χ2n) is 3.67. The fourth-order valence-corrected chi connectivity index (χ4v) is 1.56. The Kier molecular flexibility index (Phi) is 4.68. The zero-order valence-corrected chi connectivity index (χ0v) is 10.0. The van der Waals surface area contributed by atoms with E-state index in [0.717, 1.165) is 6.20 Å². The molecule has 0 saturated carbocycles. The minimum atomic E-state index is -0.513. The number of carbonyl (C=O) groups excluding carboxylic acids is 1. The molecule has 0 atom stereocenters. The molecule has 1 aromatic heterocycles. The van der Waals surface area contributed by atoms with Gasteiger partial charge in [-0.15, -0.1) is 11.6 Å². The van der Waals surface area contributed by atoms with Gasteiger partial charge in [0.05, 0.1) is 11.8 Å². The van der Waals surface area contributed by atoms with Gasteiger partial charge in [0.2, 0.25) is 0 Å². The van der Waals surface area contributed by atoms with Crippen LogP contribution in [0.2, 0.25) is 0 Å². The Balaban J connectivity index is 2.90. The lowest BCUT2D eigenvalue weighted by Gasteiger charge is -2.25. The Morgan fingerprint density at radius 3 is 2.75 bits per heavy atom. The molecule has 1 aromatic rings. The van der Waals surface area contributed by atoms with Gasteiger partial charge in [-0.1, -0.05) is 0 Å². The Morgan fingerprint density at radius 1 is 1.56 bits per heavy atom. The molecule has 0 aliphatic carbocycles. The molecule has 3 nitrogen and oxygen atoms in total. The Morgan fingerprint density at radius 2 is 2.25 bits per heavy atom. The lowest BCUT2D eigenvalue weighted by atomic mass is 10.2. The molecule has 88 valence electrons. The zero-order chi connectivity index (χ0) is 12.1. The first-order valence-corrected chi connectivity index (χ1v) is 5.57. The number of aromatic nitrogens is 1. The average Bonchev–Trinajstić information content (AvgIpc) is 2.24. The van der Waals surface area contributed by atoms with Crippen LogP contribution < -0.4 is 0 Å². The van der Waals surface area contributed by atoms with Crippen LogP contribution in [-0.4, -0.2) is 34.3 Å². The minimum absolute atomic E-state index is 0.0227. The van der Waals surface area contributed by atoms with Gasteiger partial charge in [-0.2, -0.15) is 0 Å². The maximum atomic E-state index is 12.9. The molecule has 0 aromatic carbocycles. The summed E-state index contributed by atoms with van der Waals surface area (Å²) in [5, 5.41) is 0. The third-order valence-electron chi connectivity index (χ3n) is 2.16. The topological polar surface area (TPSA) is 33.2 Å². The van der Waals surface area contributed by atoms with Crippen LogP contribution in [0.15, 0.2) is 18.5 Å². The van der Waals surface area contributed by atoms with Crippen LogP contribution in [-0.2, 0) is 0 Å². The van der Waals surface area contributed by atoms with Crippen LogP contribution in [0.4, 0.5) is 4.39 Å². The molecule has 0 saturated heterocycles. The molecule has 0 spiro atoms. The van der Waals surface area contributed by atoms with E-state index in [9.17, 15) is 9.18 Å². The Bertz CT molecular complexity index is 371. The molecule has 0 radical (unpaired) electrons. The number of amides is 1. The van der Waals surface area contributed by atoms with Gasteiger partial charge in [-0.3, -0.25) is 9.78 Å². The van der Waals surface area contributed by atoms with Crippen molar-refractivity contribution in [3.63, 3.8) is 0 Å². The summed E-state index contributed by atoms with van der Waals surface area (Å²) in [5.41, 5.74) is 0.249. The highest BCUT2D eigenvalue weighted by atomic mass is 35.5. The van der Waals surface area contributed by atoms with E-state index in [1.807, 2.05) is 13.8 Å². The van der Waals surface area contributed by atoms with Gasteiger partial charge in [0.1, 0.15) is 5.82 Å². The SMILES string of the molecule is CC(C)N(CCCl)C(=O)c1cncc(F)c1. The van der Waals surface area contributed by atoms with Gasteiger partial charge >= 0.3 is 0 Å². The number of nitrogens with zero attached hydrogens (tertiary/aromatic N) is 2. The molecule has 5 heteroatoms. The molecule has 1 heterocycles. The van der Waals surface area contributed by atoms with E-state index in [1.165, 1.54) is 12.3 Å². The number of pyridine rings is 1. The molecule has 1 rings (SSSR count). The van der Waals surface area contributed by atoms with Crippen LogP contribution >= 0.6 is 11.6 Å². The first kappa shape index (κ1) is 12.9. The van der Waals surface area contributed by atoms with E-state index < -0.39 is 5.82 Å². The Hall–Kier alpha value is -1.16. The van der Waals surface area contributed by atoms with Crippen molar-refractivity contribution in [1.82, 2.24) is 9.88 Å². The first-order chi connectivity index (χ1) is 7.56. The summed E-state index contributed by atoms with van der Waals surface area (Å²) in [6, 6.07) is 1.20. The number of halogens is 2. The molecule has 16 heavy (non-hydrogen) atoms. The number of hydrogen-bond donors (Lipinski definition) is 0. The summed E-state index contributed by atoms with van der Waals surface area (Å²) < 4.78 is 12.9. The summed E-state index contributed by atoms with van der Waals surface area (Å²) in [6.07, 6.45) is 2.42. The molecule has 0 aliphatic heterocycles. The summed E-state index contributed by atoms with van der Waals surface area (Å²) in [6.45, 7) is 4.21. The van der Waals surface area contributed by atoms with Gasteiger partial charge in [-0.05, 0) is 19.9 Å². The van der Waals surface area contributed by atoms with Crippen molar-refractivity contribution in [2.45, 2.75) is 19.9 Å². The smallest absolute Gasteiger partial charge is 0.255 e. The van der Waals surface area contributed by atoms with Crippen molar-refractivity contribution >= 4 is 17.5 Å². The molecule has 0 aliphatic rings. The molecule has 0 bridgehead atoms. The highest BCUT2D eigenvalue weighted by Crippen LogP contribution is 2.09. The van der Waals surface area contributed by atoms with E-state index in [4.69, 9.17) is 11.6 Å². The third-order valence-corrected chi connectivity index (χ3v) is 2.33. The van der Waals surface area contributed by atoms with Crippen LogP contribution in [0.25, 0.3) is 0 Å². The lowest BCUT2D eigenvalue weighted by molar-refractivity contribution is 0.0717. The summed E-state index contributed by atoms with van der Waals surface area (Å²) in [5.74, 6) is -0.407. The van der Waals surface area contributed by atoms with Gasteiger partial charge in [0.15, 0.2) is 0 Å². The summed E-state index contributed by atoms with van der Waals surface area (Å²) in [7, 11) is 0. The van der Waals surface area contributed by atoms with E-state index in [2.05, 4.69) is 4.98 Å². The number of hydrogen-bond acceptors (Lipinski definition) is 2. The standard InChI is InChI=1S/C11H14ClFN2O/c1-8(2)15(4-3-12)11(16)9-5-10(13)7-14-6-9/h5-8H,3-4H2,1-2H3. The van der Waals surface area contributed by atoms with Crippen molar-refractivity contribution in [1.29, 1.82) is 0 Å². The highest BCUT2D eigenvalue weighted by Gasteiger charge is 2.18. The van der Waals surface area contributed by atoms with E-state index in [0.29, 0.717) is 12.4 Å². The van der Waals surface area contributed by atoms with Gasteiger partial charge in [-0.25, -0.2) is 4.39 Å². The van der Waals surface area contributed by atoms with Crippen LogP contribution in [0.5, 0.6) is 0 Å². The molecular formula is C11H14ClFN2O. The van der Waals surface area contributed by atoms with E-state index >= 15 is 0 Å². The monoisotopic (exact) mass is 244 g/mol. The Labute approximate surface area is 99.2 Å².